The maximum atomic E-state index is 4.55. The summed E-state index contributed by atoms with van der Waals surface area (Å²) in [6.07, 6.45) is 8.25. The Balaban J connectivity index is 1.79. The third-order valence-corrected chi connectivity index (χ3v) is 5.06. The standard InChI is InChI=1S/C16H19N5S/c1-10-19-9-14(22-10)13-8-20-16-12(4-6-18-16)15(13)21-11-3-2-5-17-7-11/h4,6,8-9,11,17H,2-3,5,7H2,1H3,(H2,18,20,21)/t11-/m1/s1. The lowest BCUT2D eigenvalue weighted by atomic mass is 10.1. The van der Waals surface area contributed by atoms with Crippen LogP contribution in [0.3, 0.4) is 0 Å². The lowest BCUT2D eigenvalue weighted by Crippen LogP contribution is -2.38. The number of piperidine rings is 1. The summed E-state index contributed by atoms with van der Waals surface area (Å²) in [4.78, 5) is 13.3. The Morgan fingerprint density at radius 1 is 1.32 bits per heavy atom. The molecule has 1 aliphatic rings. The maximum Gasteiger partial charge on any atom is 0.139 e. The van der Waals surface area contributed by atoms with Crippen LogP contribution in [0.25, 0.3) is 21.5 Å². The molecule has 4 rings (SSSR count). The van der Waals surface area contributed by atoms with Crippen LogP contribution in [-0.4, -0.2) is 34.1 Å². The minimum Gasteiger partial charge on any atom is -0.380 e. The van der Waals surface area contributed by atoms with Crippen LogP contribution in [0, 0.1) is 6.92 Å². The summed E-state index contributed by atoms with van der Waals surface area (Å²) >= 11 is 1.71. The minimum absolute atomic E-state index is 0.460. The first-order valence-electron chi connectivity index (χ1n) is 7.67. The van der Waals surface area contributed by atoms with E-state index in [1.54, 1.807) is 11.3 Å². The number of hydrogen-bond acceptors (Lipinski definition) is 5. The number of hydrogen-bond donors (Lipinski definition) is 3. The fraction of sp³-hybridized carbons (Fsp3) is 0.375. The van der Waals surface area contributed by atoms with Gasteiger partial charge in [0.2, 0.25) is 0 Å². The Bertz CT molecular complexity index is 785. The van der Waals surface area contributed by atoms with Crippen molar-refractivity contribution in [1.82, 2.24) is 20.3 Å². The molecule has 0 spiro atoms. The molecule has 0 saturated carbocycles. The summed E-state index contributed by atoms with van der Waals surface area (Å²) in [6.45, 7) is 4.17. The molecule has 1 saturated heterocycles. The highest BCUT2D eigenvalue weighted by molar-refractivity contribution is 7.15. The number of aryl methyl sites for hydroxylation is 1. The second kappa shape index (κ2) is 5.70. The van der Waals surface area contributed by atoms with E-state index in [0.29, 0.717) is 6.04 Å². The van der Waals surface area contributed by atoms with Gasteiger partial charge in [-0.2, -0.15) is 0 Å². The predicted octanol–water partition coefficient (Wildman–Crippen LogP) is 3.16. The van der Waals surface area contributed by atoms with Gasteiger partial charge in [0.05, 0.1) is 15.6 Å². The van der Waals surface area contributed by atoms with Crippen LogP contribution in [-0.2, 0) is 0 Å². The van der Waals surface area contributed by atoms with Crippen LogP contribution in [0.5, 0.6) is 0 Å². The molecule has 3 N–H and O–H groups in total. The fourth-order valence-electron chi connectivity index (χ4n) is 3.02. The van der Waals surface area contributed by atoms with Gasteiger partial charge < -0.3 is 15.6 Å². The summed E-state index contributed by atoms with van der Waals surface area (Å²) in [7, 11) is 0. The highest BCUT2D eigenvalue weighted by atomic mass is 32.1. The topological polar surface area (TPSA) is 65.6 Å². The second-order valence-electron chi connectivity index (χ2n) is 5.72. The summed E-state index contributed by atoms with van der Waals surface area (Å²) in [5.41, 5.74) is 3.24. The average molecular weight is 313 g/mol. The molecule has 0 aliphatic carbocycles. The Labute approximate surface area is 133 Å². The van der Waals surface area contributed by atoms with E-state index >= 15 is 0 Å². The molecule has 4 heterocycles. The fourth-order valence-corrected chi connectivity index (χ4v) is 3.81. The molecule has 1 atom stereocenters. The monoisotopic (exact) mass is 313 g/mol. The van der Waals surface area contributed by atoms with Gasteiger partial charge in [-0.3, -0.25) is 0 Å². The van der Waals surface area contributed by atoms with Crippen LogP contribution < -0.4 is 10.6 Å². The van der Waals surface area contributed by atoms with E-state index in [9.17, 15) is 0 Å². The van der Waals surface area contributed by atoms with Crippen LogP contribution in [0.4, 0.5) is 5.69 Å². The minimum atomic E-state index is 0.460. The normalized spacial score (nSPS) is 18.7. The van der Waals surface area contributed by atoms with E-state index in [0.717, 1.165) is 34.7 Å². The summed E-state index contributed by atoms with van der Waals surface area (Å²) in [5, 5.41) is 9.43. The van der Waals surface area contributed by atoms with Crippen molar-refractivity contribution in [3.05, 3.63) is 29.7 Å². The molecule has 1 fully saturated rings. The van der Waals surface area contributed by atoms with Crippen molar-refractivity contribution in [2.45, 2.75) is 25.8 Å². The summed E-state index contributed by atoms with van der Waals surface area (Å²) < 4.78 is 0. The van der Waals surface area contributed by atoms with Gasteiger partial charge in [0.1, 0.15) is 5.65 Å². The third-order valence-electron chi connectivity index (χ3n) is 4.12. The van der Waals surface area contributed by atoms with E-state index in [4.69, 9.17) is 0 Å². The van der Waals surface area contributed by atoms with E-state index in [1.165, 1.54) is 23.4 Å². The van der Waals surface area contributed by atoms with Crippen molar-refractivity contribution in [1.29, 1.82) is 0 Å². The number of aromatic nitrogens is 3. The summed E-state index contributed by atoms with van der Waals surface area (Å²) in [5.74, 6) is 0. The molecule has 3 aromatic rings. The molecule has 0 radical (unpaired) electrons. The van der Waals surface area contributed by atoms with Crippen molar-refractivity contribution in [2.75, 3.05) is 18.4 Å². The molecule has 5 nitrogen and oxygen atoms in total. The predicted molar refractivity (Wildman–Crippen MR) is 91.5 cm³/mol. The Morgan fingerprint density at radius 2 is 2.27 bits per heavy atom. The zero-order valence-corrected chi connectivity index (χ0v) is 13.3. The Hall–Kier alpha value is -1.92. The zero-order valence-electron chi connectivity index (χ0n) is 12.5. The van der Waals surface area contributed by atoms with Crippen molar-refractivity contribution >= 4 is 28.1 Å². The number of nitrogens with one attached hydrogen (secondary N) is 3. The molecule has 3 aromatic heterocycles. The van der Waals surface area contributed by atoms with Crippen LogP contribution in [0.1, 0.15) is 17.8 Å². The first kappa shape index (κ1) is 13.7. The lowest BCUT2D eigenvalue weighted by Gasteiger charge is -2.26. The van der Waals surface area contributed by atoms with E-state index in [1.807, 2.05) is 25.5 Å². The van der Waals surface area contributed by atoms with Gasteiger partial charge in [-0.1, -0.05) is 0 Å². The van der Waals surface area contributed by atoms with Crippen LogP contribution in [0.15, 0.2) is 24.7 Å². The van der Waals surface area contributed by atoms with Gasteiger partial charge in [-0.15, -0.1) is 11.3 Å². The van der Waals surface area contributed by atoms with E-state index < -0.39 is 0 Å². The molecule has 0 bridgehead atoms. The molecule has 22 heavy (non-hydrogen) atoms. The molecule has 6 heteroatoms. The average Bonchev–Trinajstić information content (AvgIpc) is 3.17. The van der Waals surface area contributed by atoms with Crippen molar-refractivity contribution < 1.29 is 0 Å². The third kappa shape index (κ3) is 2.48. The van der Waals surface area contributed by atoms with Crippen LogP contribution in [0.2, 0.25) is 0 Å². The van der Waals surface area contributed by atoms with Gasteiger partial charge >= 0.3 is 0 Å². The SMILES string of the molecule is Cc1ncc(-c2cnc3[nH]ccc3c2N[C@@H]2CCCNC2)s1. The van der Waals surface area contributed by atoms with Gasteiger partial charge in [0, 0.05) is 42.1 Å². The largest absolute Gasteiger partial charge is 0.380 e. The molecule has 0 aromatic carbocycles. The lowest BCUT2D eigenvalue weighted by molar-refractivity contribution is 0.480. The van der Waals surface area contributed by atoms with E-state index in [2.05, 4.69) is 31.7 Å². The molecular weight excluding hydrogens is 294 g/mol. The quantitative estimate of drug-likeness (QED) is 0.695. The van der Waals surface area contributed by atoms with Gasteiger partial charge in [0.25, 0.3) is 0 Å². The number of thiazole rings is 1. The van der Waals surface area contributed by atoms with Gasteiger partial charge in [-0.25, -0.2) is 9.97 Å². The van der Waals surface area contributed by atoms with Crippen molar-refractivity contribution in [3.63, 3.8) is 0 Å². The van der Waals surface area contributed by atoms with Crippen molar-refractivity contribution in [2.24, 2.45) is 0 Å². The molecular formula is C16H19N5S. The second-order valence-corrected chi connectivity index (χ2v) is 6.95. The molecule has 1 aliphatic heterocycles. The molecule has 0 unspecified atom stereocenters. The molecule has 114 valence electrons. The number of fused-ring (bicyclic) bond motifs is 1. The number of nitrogens with zero attached hydrogens (tertiary/aromatic N) is 2. The smallest absolute Gasteiger partial charge is 0.139 e. The highest BCUT2D eigenvalue weighted by Gasteiger charge is 2.18. The number of anilines is 1. The first-order chi connectivity index (χ1) is 10.8. The van der Waals surface area contributed by atoms with Crippen LogP contribution >= 0.6 is 11.3 Å². The van der Waals surface area contributed by atoms with Gasteiger partial charge in [0.15, 0.2) is 0 Å². The Kier molecular flexibility index (Phi) is 3.56. The summed E-state index contributed by atoms with van der Waals surface area (Å²) in [6, 6.07) is 2.56. The highest BCUT2D eigenvalue weighted by Crippen LogP contribution is 2.36. The number of aromatic amines is 1. The van der Waals surface area contributed by atoms with E-state index in [-0.39, 0.29) is 0 Å². The van der Waals surface area contributed by atoms with Crippen molar-refractivity contribution in [3.8, 4) is 10.4 Å². The van der Waals surface area contributed by atoms with Gasteiger partial charge in [-0.05, 0) is 32.4 Å². The maximum absolute atomic E-state index is 4.55. The Morgan fingerprint density at radius 3 is 3.05 bits per heavy atom. The number of H-pyrrole nitrogens is 1. The number of rotatable bonds is 3. The first-order valence-corrected chi connectivity index (χ1v) is 8.49. The number of pyridine rings is 1. The zero-order chi connectivity index (χ0) is 14.9. The molecule has 0 amide bonds.